The van der Waals surface area contributed by atoms with Crippen molar-refractivity contribution in [1.29, 1.82) is 0 Å². The van der Waals surface area contributed by atoms with Crippen molar-refractivity contribution in [2.75, 3.05) is 0 Å². The summed E-state index contributed by atoms with van der Waals surface area (Å²) < 4.78 is 29.5. The van der Waals surface area contributed by atoms with Gasteiger partial charge in [0.1, 0.15) is 5.75 Å². The number of thiophene rings is 1. The number of rotatable bonds is 4. The minimum absolute atomic E-state index is 0.0877. The van der Waals surface area contributed by atoms with E-state index in [9.17, 15) is 8.78 Å². The molecule has 19 heavy (non-hydrogen) atoms. The number of halogens is 4. The molecule has 0 fully saturated rings. The number of benzene rings is 1. The molecule has 0 bridgehead atoms. The van der Waals surface area contributed by atoms with Crippen molar-refractivity contribution in [3.05, 3.63) is 49.6 Å². The van der Waals surface area contributed by atoms with Crippen LogP contribution in [0.4, 0.5) is 8.78 Å². The van der Waals surface area contributed by atoms with Crippen LogP contribution in [-0.2, 0) is 0 Å². The monoisotopic (exact) mass is 367 g/mol. The smallest absolute Gasteiger partial charge is 0.387 e. The first kappa shape index (κ1) is 14.7. The van der Waals surface area contributed by atoms with Crippen molar-refractivity contribution in [1.82, 2.24) is 0 Å². The van der Waals surface area contributed by atoms with E-state index in [-0.39, 0.29) is 5.75 Å². The minimum atomic E-state index is -2.85. The van der Waals surface area contributed by atoms with E-state index in [0.29, 0.717) is 10.6 Å². The molecule has 7 heteroatoms. The Hall–Kier alpha value is -0.690. The lowest BCUT2D eigenvalue weighted by Gasteiger charge is -2.12. The SMILES string of the molecule is NC(c1cccc(OC(F)F)c1)c1cc(Cl)c(Br)s1. The van der Waals surface area contributed by atoms with E-state index in [0.717, 1.165) is 8.66 Å². The largest absolute Gasteiger partial charge is 0.435 e. The molecular weight excluding hydrogens is 360 g/mol. The van der Waals surface area contributed by atoms with E-state index in [4.69, 9.17) is 17.3 Å². The third-order valence-electron chi connectivity index (χ3n) is 2.41. The average Bonchev–Trinajstić information content (AvgIpc) is 2.68. The molecule has 0 saturated carbocycles. The predicted octanol–water partition coefficient (Wildman–Crippen LogP) is 4.81. The van der Waals surface area contributed by atoms with E-state index in [1.165, 1.54) is 23.5 Å². The van der Waals surface area contributed by atoms with Crippen molar-refractivity contribution in [2.24, 2.45) is 5.73 Å². The average molecular weight is 369 g/mol. The fourth-order valence-electron chi connectivity index (χ4n) is 1.57. The molecule has 0 aliphatic rings. The lowest BCUT2D eigenvalue weighted by Crippen LogP contribution is -2.10. The summed E-state index contributed by atoms with van der Waals surface area (Å²) in [5, 5.41) is 0.579. The van der Waals surface area contributed by atoms with Crippen molar-refractivity contribution >= 4 is 38.9 Å². The highest BCUT2D eigenvalue weighted by Crippen LogP contribution is 2.37. The van der Waals surface area contributed by atoms with Gasteiger partial charge in [0, 0.05) is 4.88 Å². The molecule has 2 rings (SSSR count). The zero-order valence-electron chi connectivity index (χ0n) is 9.45. The fourth-order valence-corrected chi connectivity index (χ4v) is 3.34. The van der Waals surface area contributed by atoms with Crippen LogP contribution in [0, 0.1) is 0 Å². The maximum atomic E-state index is 12.2. The second kappa shape index (κ2) is 6.17. The summed E-state index contributed by atoms with van der Waals surface area (Å²) in [6.07, 6.45) is 0. The summed E-state index contributed by atoms with van der Waals surface area (Å²) in [6, 6.07) is 7.65. The molecule has 0 radical (unpaired) electrons. The van der Waals surface area contributed by atoms with Crippen LogP contribution in [-0.4, -0.2) is 6.61 Å². The van der Waals surface area contributed by atoms with Crippen molar-refractivity contribution < 1.29 is 13.5 Å². The molecule has 102 valence electrons. The van der Waals surface area contributed by atoms with Gasteiger partial charge in [-0.15, -0.1) is 11.3 Å². The highest BCUT2D eigenvalue weighted by molar-refractivity contribution is 9.11. The van der Waals surface area contributed by atoms with E-state index >= 15 is 0 Å². The van der Waals surface area contributed by atoms with Gasteiger partial charge in [-0.1, -0.05) is 23.7 Å². The topological polar surface area (TPSA) is 35.2 Å². The minimum Gasteiger partial charge on any atom is -0.435 e. The third kappa shape index (κ3) is 3.66. The van der Waals surface area contributed by atoms with Crippen LogP contribution >= 0.6 is 38.9 Å². The molecule has 0 spiro atoms. The van der Waals surface area contributed by atoms with E-state index in [2.05, 4.69) is 20.7 Å². The van der Waals surface area contributed by atoms with Crippen LogP contribution in [0.15, 0.2) is 34.1 Å². The maximum Gasteiger partial charge on any atom is 0.387 e. The molecule has 0 aliphatic heterocycles. The molecule has 2 aromatic rings. The molecule has 0 saturated heterocycles. The number of ether oxygens (including phenoxy) is 1. The van der Waals surface area contributed by atoms with Gasteiger partial charge >= 0.3 is 6.61 Å². The Morgan fingerprint density at radius 2 is 2.05 bits per heavy atom. The van der Waals surface area contributed by atoms with Gasteiger partial charge in [0.2, 0.25) is 0 Å². The van der Waals surface area contributed by atoms with Crippen molar-refractivity contribution in [2.45, 2.75) is 12.7 Å². The van der Waals surface area contributed by atoms with Crippen LogP contribution in [0.25, 0.3) is 0 Å². The van der Waals surface area contributed by atoms with Gasteiger partial charge in [-0.25, -0.2) is 0 Å². The lowest BCUT2D eigenvalue weighted by molar-refractivity contribution is -0.0498. The zero-order chi connectivity index (χ0) is 14.0. The summed E-state index contributed by atoms with van der Waals surface area (Å²) >= 11 is 10.7. The molecule has 2 N–H and O–H groups in total. The standard InChI is InChI=1S/C12H9BrClF2NOS/c13-11-8(14)5-9(19-11)10(17)6-2-1-3-7(4-6)18-12(15)16/h1-5,10,12H,17H2. The number of hydrogen-bond donors (Lipinski definition) is 1. The van der Waals surface area contributed by atoms with Gasteiger partial charge in [0.15, 0.2) is 0 Å². The summed E-state index contributed by atoms with van der Waals surface area (Å²) in [6.45, 7) is -2.85. The molecule has 0 amide bonds. The number of hydrogen-bond acceptors (Lipinski definition) is 3. The summed E-state index contributed by atoms with van der Waals surface area (Å²) in [5.41, 5.74) is 6.77. The normalized spacial score (nSPS) is 12.7. The second-order valence-corrected chi connectivity index (χ2v) is 6.51. The Morgan fingerprint density at radius 3 is 2.63 bits per heavy atom. The first-order valence-electron chi connectivity index (χ1n) is 5.22. The zero-order valence-corrected chi connectivity index (χ0v) is 12.6. The maximum absolute atomic E-state index is 12.2. The Labute approximate surface area is 126 Å². The Balaban J connectivity index is 2.25. The first-order valence-corrected chi connectivity index (χ1v) is 7.21. The van der Waals surface area contributed by atoms with Crippen LogP contribution in [0.1, 0.15) is 16.5 Å². The van der Waals surface area contributed by atoms with Gasteiger partial charge in [-0.2, -0.15) is 8.78 Å². The summed E-state index contributed by atoms with van der Waals surface area (Å²) in [7, 11) is 0. The van der Waals surface area contributed by atoms with E-state index < -0.39 is 12.7 Å². The summed E-state index contributed by atoms with van der Waals surface area (Å²) in [5.74, 6) is 0.0877. The predicted molar refractivity (Wildman–Crippen MR) is 76.1 cm³/mol. The number of nitrogens with two attached hydrogens (primary N) is 1. The molecule has 2 nitrogen and oxygen atoms in total. The van der Waals surface area contributed by atoms with Crippen LogP contribution < -0.4 is 10.5 Å². The Morgan fingerprint density at radius 1 is 1.32 bits per heavy atom. The van der Waals surface area contributed by atoms with Crippen molar-refractivity contribution in [3.63, 3.8) is 0 Å². The number of alkyl halides is 2. The van der Waals surface area contributed by atoms with Gasteiger partial charge in [-0.05, 0) is 39.7 Å². The first-order chi connectivity index (χ1) is 8.97. The van der Waals surface area contributed by atoms with E-state index in [1.807, 2.05) is 0 Å². The molecule has 1 aromatic carbocycles. The molecular formula is C12H9BrClF2NOS. The molecule has 1 heterocycles. The highest BCUT2D eigenvalue weighted by Gasteiger charge is 2.15. The lowest BCUT2D eigenvalue weighted by atomic mass is 10.1. The van der Waals surface area contributed by atoms with Crippen LogP contribution in [0.3, 0.4) is 0 Å². The molecule has 1 atom stereocenters. The van der Waals surface area contributed by atoms with Crippen LogP contribution in [0.5, 0.6) is 5.75 Å². The van der Waals surface area contributed by atoms with E-state index in [1.54, 1.807) is 18.2 Å². The third-order valence-corrected chi connectivity index (χ3v) is 4.97. The van der Waals surface area contributed by atoms with Gasteiger partial charge in [-0.3, -0.25) is 0 Å². The molecule has 0 aliphatic carbocycles. The van der Waals surface area contributed by atoms with Gasteiger partial charge in [0.25, 0.3) is 0 Å². The second-order valence-electron chi connectivity index (χ2n) is 3.70. The Bertz CT molecular complexity index is 559. The Kier molecular flexibility index (Phi) is 4.78. The molecule has 1 unspecified atom stereocenters. The quantitative estimate of drug-likeness (QED) is 0.840. The highest BCUT2D eigenvalue weighted by atomic mass is 79.9. The van der Waals surface area contributed by atoms with Crippen LogP contribution in [0.2, 0.25) is 5.02 Å². The van der Waals surface area contributed by atoms with Crippen molar-refractivity contribution in [3.8, 4) is 5.75 Å². The fraction of sp³-hybridized carbons (Fsp3) is 0.167. The molecule has 1 aromatic heterocycles. The van der Waals surface area contributed by atoms with Gasteiger partial charge < -0.3 is 10.5 Å². The van der Waals surface area contributed by atoms with Gasteiger partial charge in [0.05, 0.1) is 14.9 Å². The summed E-state index contributed by atoms with van der Waals surface area (Å²) in [4.78, 5) is 0.839.